The maximum absolute atomic E-state index is 12.1. The number of carbonyl (C=O) groups excluding carboxylic acids is 1. The molecule has 1 aliphatic carbocycles. The lowest BCUT2D eigenvalue weighted by atomic mass is 9.60. The summed E-state index contributed by atoms with van der Waals surface area (Å²) in [5.74, 6) is 0.0149. The number of fused-ring (bicyclic) bond motifs is 2. The molecule has 0 radical (unpaired) electrons. The van der Waals surface area contributed by atoms with Crippen LogP contribution in [0.15, 0.2) is 49.3 Å². The molecule has 2 aliphatic heterocycles. The van der Waals surface area contributed by atoms with Gasteiger partial charge in [0.15, 0.2) is 0 Å². The molecule has 1 amide bonds. The largest absolute Gasteiger partial charge is 0.379 e. The third-order valence-corrected chi connectivity index (χ3v) is 10.8. The summed E-state index contributed by atoms with van der Waals surface area (Å²) in [5.41, 5.74) is 8.22. The van der Waals surface area contributed by atoms with Gasteiger partial charge in [-0.3, -0.25) is 24.2 Å². The van der Waals surface area contributed by atoms with Gasteiger partial charge in [0.25, 0.3) is 0 Å². The summed E-state index contributed by atoms with van der Waals surface area (Å²) in [7, 11) is 1.78. The first-order chi connectivity index (χ1) is 21.8. The zero-order chi connectivity index (χ0) is 31.0. The molecule has 3 aliphatic rings. The Labute approximate surface area is 266 Å². The molecular weight excluding hydrogens is 588 g/mol. The normalized spacial score (nSPS) is 18.4. The number of hydrogen-bond donors (Lipinski definition) is 1. The average Bonchev–Trinajstić information content (AvgIpc) is 3.69. The van der Waals surface area contributed by atoms with Crippen LogP contribution in [0.4, 0.5) is 0 Å². The number of ether oxygens (including phenoxy) is 1. The van der Waals surface area contributed by atoms with E-state index in [0.29, 0.717) is 11.1 Å². The minimum absolute atomic E-state index is 0.0149. The SMILES string of the molecule is C=CC(=O)N1CC2(CC(n3nc(-c4ccc5c(cnn5CCN5CC(OC)C5)c4)c(-c4c(Cl)c(C)cc5[nH]ncc45)c3C)C2)C1. The van der Waals surface area contributed by atoms with Gasteiger partial charge in [-0.15, -0.1) is 0 Å². The van der Waals surface area contributed by atoms with Gasteiger partial charge in [-0.05, 0) is 56.5 Å². The summed E-state index contributed by atoms with van der Waals surface area (Å²) in [4.78, 5) is 16.4. The Morgan fingerprint density at radius 3 is 2.71 bits per heavy atom. The second-order valence-corrected chi connectivity index (χ2v) is 13.6. The van der Waals surface area contributed by atoms with Gasteiger partial charge < -0.3 is 9.64 Å². The highest BCUT2D eigenvalue weighted by Gasteiger charge is 2.54. The first-order valence-corrected chi connectivity index (χ1v) is 16.0. The molecule has 5 aromatic rings. The molecule has 0 atom stereocenters. The average molecular weight is 625 g/mol. The highest BCUT2D eigenvalue weighted by atomic mass is 35.5. The lowest BCUT2D eigenvalue weighted by Crippen LogP contribution is -2.63. The molecule has 3 aromatic heterocycles. The van der Waals surface area contributed by atoms with Crippen molar-refractivity contribution >= 4 is 39.3 Å². The molecule has 0 unspecified atom stereocenters. The van der Waals surface area contributed by atoms with Crippen molar-refractivity contribution in [3.8, 4) is 22.4 Å². The zero-order valence-corrected chi connectivity index (χ0v) is 26.6. The number of H-pyrrole nitrogens is 1. The van der Waals surface area contributed by atoms with Crippen molar-refractivity contribution in [3.63, 3.8) is 0 Å². The van der Waals surface area contributed by atoms with Crippen LogP contribution in [-0.4, -0.2) is 91.4 Å². The fraction of sp³-hybridized carbons (Fsp3) is 0.412. The van der Waals surface area contributed by atoms with E-state index < -0.39 is 0 Å². The number of benzene rings is 2. The van der Waals surface area contributed by atoms with Crippen molar-refractivity contribution < 1.29 is 9.53 Å². The standard InChI is InChI=1S/C34H37ClN8O2/c1-5-29(44)41-18-34(19-41)12-24(13-34)43-21(3)30(31-26-15-36-38-27(26)10-20(2)32(31)35)33(39-43)22-6-7-28-23(11-22)14-37-42(28)9-8-40-16-25(17-40)45-4/h5-7,10-11,14-15,24-25H,1,8-9,12-13,16-19H2,2-4H3,(H,36,38). The number of methoxy groups -OCH3 is 1. The van der Waals surface area contributed by atoms with Crippen LogP contribution >= 0.6 is 11.6 Å². The van der Waals surface area contributed by atoms with Gasteiger partial charge in [-0.1, -0.05) is 24.2 Å². The predicted octanol–water partition coefficient (Wildman–Crippen LogP) is 5.39. The highest BCUT2D eigenvalue weighted by Crippen LogP contribution is 2.55. The van der Waals surface area contributed by atoms with Gasteiger partial charge in [0, 0.05) is 78.4 Å². The number of nitrogens with zero attached hydrogens (tertiary/aromatic N) is 7. The van der Waals surface area contributed by atoms with E-state index in [1.807, 2.05) is 30.3 Å². The van der Waals surface area contributed by atoms with E-state index in [4.69, 9.17) is 26.5 Å². The van der Waals surface area contributed by atoms with Crippen LogP contribution in [0.25, 0.3) is 44.2 Å². The Hall–Kier alpha value is -3.99. The van der Waals surface area contributed by atoms with Crippen LogP contribution in [0.1, 0.15) is 30.1 Å². The van der Waals surface area contributed by atoms with Crippen molar-refractivity contribution in [2.24, 2.45) is 5.41 Å². The van der Waals surface area contributed by atoms with E-state index in [1.54, 1.807) is 7.11 Å². The second-order valence-electron chi connectivity index (χ2n) is 13.2. The molecule has 5 heterocycles. The van der Waals surface area contributed by atoms with Crippen molar-refractivity contribution in [2.45, 2.75) is 45.4 Å². The quantitative estimate of drug-likeness (QED) is 0.233. The van der Waals surface area contributed by atoms with Crippen LogP contribution in [0.3, 0.4) is 0 Å². The molecule has 11 heteroatoms. The summed E-state index contributed by atoms with van der Waals surface area (Å²) in [6.07, 6.45) is 7.55. The number of rotatable bonds is 8. The molecule has 1 N–H and O–H groups in total. The van der Waals surface area contributed by atoms with E-state index >= 15 is 0 Å². The fourth-order valence-electron chi connectivity index (χ4n) is 7.74. The lowest BCUT2D eigenvalue weighted by Gasteiger charge is -2.58. The molecule has 1 saturated carbocycles. The Bertz CT molecular complexity index is 1970. The van der Waals surface area contributed by atoms with Crippen LogP contribution in [0, 0.1) is 19.3 Å². The summed E-state index contributed by atoms with van der Waals surface area (Å²) < 4.78 is 9.71. The third-order valence-electron chi connectivity index (χ3n) is 10.3. The number of aryl methyl sites for hydroxylation is 1. The smallest absolute Gasteiger partial charge is 0.245 e. The van der Waals surface area contributed by atoms with Crippen molar-refractivity contribution in [3.05, 3.63) is 65.6 Å². The molecule has 1 spiro atoms. The molecular formula is C34H37ClN8O2. The molecule has 45 heavy (non-hydrogen) atoms. The van der Waals surface area contributed by atoms with Gasteiger partial charge in [0.1, 0.15) is 5.69 Å². The van der Waals surface area contributed by atoms with E-state index in [-0.39, 0.29) is 17.4 Å². The number of aromatic nitrogens is 6. The van der Waals surface area contributed by atoms with Gasteiger partial charge in [0.2, 0.25) is 5.91 Å². The van der Waals surface area contributed by atoms with Crippen molar-refractivity contribution in [1.29, 1.82) is 0 Å². The number of carbonyl (C=O) groups is 1. The Morgan fingerprint density at radius 1 is 1.16 bits per heavy atom. The lowest BCUT2D eigenvalue weighted by molar-refractivity contribution is -0.149. The fourth-order valence-corrected chi connectivity index (χ4v) is 7.99. The Kier molecular flexibility index (Phi) is 6.67. The Morgan fingerprint density at radius 2 is 1.96 bits per heavy atom. The molecule has 10 nitrogen and oxygen atoms in total. The minimum atomic E-state index is 0.0149. The Balaban J connectivity index is 1.16. The van der Waals surface area contributed by atoms with Crippen LogP contribution < -0.4 is 0 Å². The van der Waals surface area contributed by atoms with Crippen LogP contribution in [-0.2, 0) is 16.1 Å². The third kappa shape index (κ3) is 4.53. The summed E-state index contributed by atoms with van der Waals surface area (Å²) >= 11 is 7.11. The zero-order valence-electron chi connectivity index (χ0n) is 25.9. The number of aromatic amines is 1. The van der Waals surface area contributed by atoms with E-state index in [0.717, 1.165) is 108 Å². The highest BCUT2D eigenvalue weighted by molar-refractivity contribution is 6.36. The summed E-state index contributed by atoms with van der Waals surface area (Å²) in [6.45, 7) is 13.1. The number of likely N-dealkylation sites (tertiary alicyclic amines) is 2. The maximum Gasteiger partial charge on any atom is 0.245 e. The monoisotopic (exact) mass is 624 g/mol. The summed E-state index contributed by atoms with van der Waals surface area (Å²) in [5, 5.41) is 20.3. The number of hydrogen-bond acceptors (Lipinski definition) is 6. The number of amides is 1. The van der Waals surface area contributed by atoms with Gasteiger partial charge in [0.05, 0.1) is 47.1 Å². The second kappa shape index (κ2) is 10.5. The minimum Gasteiger partial charge on any atom is -0.379 e. The molecule has 0 bridgehead atoms. The maximum atomic E-state index is 12.1. The molecule has 2 saturated heterocycles. The van der Waals surface area contributed by atoms with Gasteiger partial charge in [-0.25, -0.2) is 0 Å². The summed E-state index contributed by atoms with van der Waals surface area (Å²) in [6, 6.07) is 8.82. The molecule has 3 fully saturated rings. The number of halogens is 1. The predicted molar refractivity (Wildman–Crippen MR) is 175 cm³/mol. The first kappa shape index (κ1) is 28.5. The van der Waals surface area contributed by atoms with Crippen LogP contribution in [0.5, 0.6) is 0 Å². The van der Waals surface area contributed by atoms with E-state index in [2.05, 4.69) is 56.2 Å². The molecule has 2 aromatic carbocycles. The van der Waals surface area contributed by atoms with Gasteiger partial charge >= 0.3 is 0 Å². The first-order valence-electron chi connectivity index (χ1n) is 15.6. The van der Waals surface area contributed by atoms with Crippen LogP contribution in [0.2, 0.25) is 5.02 Å². The van der Waals surface area contributed by atoms with Gasteiger partial charge in [-0.2, -0.15) is 15.3 Å². The van der Waals surface area contributed by atoms with E-state index in [9.17, 15) is 4.79 Å². The number of nitrogens with one attached hydrogen (secondary N) is 1. The molecule has 232 valence electrons. The van der Waals surface area contributed by atoms with Crippen molar-refractivity contribution in [2.75, 3.05) is 39.8 Å². The molecule has 8 rings (SSSR count). The van der Waals surface area contributed by atoms with Crippen molar-refractivity contribution in [1.82, 2.24) is 39.6 Å². The van der Waals surface area contributed by atoms with E-state index in [1.165, 1.54) is 6.08 Å². The topological polar surface area (TPSA) is 97.1 Å².